The Hall–Kier alpha value is -4.61. The number of amides is 1. The average Bonchev–Trinajstić information content (AvgIpc) is 3.36. The van der Waals surface area contributed by atoms with E-state index in [1.54, 1.807) is 0 Å². The number of anilines is 1. The molecule has 44 heavy (non-hydrogen) atoms. The first-order valence-corrected chi connectivity index (χ1v) is 14.2. The summed E-state index contributed by atoms with van der Waals surface area (Å²) in [5.74, 6) is -1.16. The van der Waals surface area contributed by atoms with Crippen LogP contribution in [0.5, 0.6) is 11.5 Å². The molecule has 8 nitrogen and oxygen atoms in total. The van der Waals surface area contributed by atoms with E-state index >= 15 is 0 Å². The SMILES string of the molecule is O=C(Nc1cccc(CN2CCCN(Cc3ccc4c(c3)OCO4)CC2)c1)c1ccc2ccccc2c1.O=C(O)C(F)(F)F. The molecule has 0 spiro atoms. The lowest BCUT2D eigenvalue weighted by Gasteiger charge is -2.22. The number of carboxylic acids is 1. The van der Waals surface area contributed by atoms with Crippen LogP contribution in [0.4, 0.5) is 18.9 Å². The zero-order chi connectivity index (χ0) is 31.1. The number of alkyl halides is 3. The van der Waals surface area contributed by atoms with Crippen LogP contribution in [0.3, 0.4) is 0 Å². The number of aliphatic carboxylic acids is 1. The van der Waals surface area contributed by atoms with Crippen molar-refractivity contribution < 1.29 is 37.3 Å². The first-order chi connectivity index (χ1) is 21.1. The van der Waals surface area contributed by atoms with Crippen molar-refractivity contribution in [2.75, 3.05) is 38.3 Å². The highest BCUT2D eigenvalue weighted by atomic mass is 19.4. The maximum absolute atomic E-state index is 12.9. The van der Waals surface area contributed by atoms with Crippen molar-refractivity contribution in [1.82, 2.24) is 9.80 Å². The number of nitrogens with one attached hydrogen (secondary N) is 1. The Labute approximate surface area is 252 Å². The van der Waals surface area contributed by atoms with E-state index in [2.05, 4.69) is 45.4 Å². The number of ether oxygens (including phenoxy) is 2. The third-order valence-electron chi connectivity index (χ3n) is 7.37. The van der Waals surface area contributed by atoms with Gasteiger partial charge in [-0.1, -0.05) is 48.5 Å². The minimum absolute atomic E-state index is 0.0863. The number of carboxylic acid groups (broad SMARTS) is 1. The highest BCUT2D eigenvalue weighted by Crippen LogP contribution is 2.33. The Balaban J connectivity index is 0.000000493. The van der Waals surface area contributed by atoms with Crippen molar-refractivity contribution in [1.29, 1.82) is 0 Å². The fraction of sp³-hybridized carbons (Fsp3) is 0.273. The van der Waals surface area contributed by atoms with Crippen molar-refractivity contribution in [2.24, 2.45) is 0 Å². The van der Waals surface area contributed by atoms with Crippen LogP contribution in [0.2, 0.25) is 0 Å². The van der Waals surface area contributed by atoms with Gasteiger partial charge in [-0.25, -0.2) is 4.79 Å². The van der Waals surface area contributed by atoms with Gasteiger partial charge >= 0.3 is 12.1 Å². The molecule has 0 radical (unpaired) electrons. The summed E-state index contributed by atoms with van der Waals surface area (Å²) in [4.78, 5) is 26.8. The molecule has 0 aromatic heterocycles. The number of hydrogen-bond donors (Lipinski definition) is 2. The summed E-state index contributed by atoms with van der Waals surface area (Å²) in [6, 6.07) is 28.4. The van der Waals surface area contributed by atoms with Crippen molar-refractivity contribution in [3.05, 3.63) is 102 Å². The molecule has 1 saturated heterocycles. The van der Waals surface area contributed by atoms with E-state index in [0.717, 1.165) is 73.6 Å². The minimum Gasteiger partial charge on any atom is -0.475 e. The highest BCUT2D eigenvalue weighted by molar-refractivity contribution is 6.06. The number of carbonyl (C=O) groups is 2. The number of rotatable bonds is 6. The average molecular weight is 608 g/mol. The predicted molar refractivity (Wildman–Crippen MR) is 160 cm³/mol. The number of carbonyl (C=O) groups excluding carboxylic acids is 1. The van der Waals surface area contributed by atoms with Gasteiger partial charge in [0.05, 0.1) is 0 Å². The molecule has 1 fully saturated rings. The molecule has 6 rings (SSSR count). The monoisotopic (exact) mass is 607 g/mol. The van der Waals surface area contributed by atoms with Gasteiger partial charge in [-0.3, -0.25) is 14.6 Å². The van der Waals surface area contributed by atoms with E-state index in [1.165, 1.54) is 11.1 Å². The van der Waals surface area contributed by atoms with E-state index in [1.807, 2.05) is 54.6 Å². The molecule has 4 aromatic carbocycles. The third-order valence-corrected chi connectivity index (χ3v) is 7.37. The van der Waals surface area contributed by atoms with Crippen LogP contribution < -0.4 is 14.8 Å². The number of hydrogen-bond acceptors (Lipinski definition) is 6. The summed E-state index contributed by atoms with van der Waals surface area (Å²) in [6.07, 6.45) is -3.96. The Bertz CT molecular complexity index is 1630. The van der Waals surface area contributed by atoms with Gasteiger partial charge in [0.1, 0.15) is 0 Å². The van der Waals surface area contributed by atoms with Crippen molar-refractivity contribution >= 4 is 28.3 Å². The molecule has 2 heterocycles. The molecule has 0 bridgehead atoms. The molecule has 11 heteroatoms. The molecule has 4 aromatic rings. The Kier molecular flexibility index (Phi) is 9.66. The van der Waals surface area contributed by atoms with Gasteiger partial charge < -0.3 is 19.9 Å². The number of fused-ring (bicyclic) bond motifs is 2. The van der Waals surface area contributed by atoms with Crippen molar-refractivity contribution in [2.45, 2.75) is 25.7 Å². The summed E-state index contributed by atoms with van der Waals surface area (Å²) >= 11 is 0. The number of benzene rings is 4. The quantitative estimate of drug-likeness (QED) is 0.271. The fourth-order valence-electron chi connectivity index (χ4n) is 5.18. The van der Waals surface area contributed by atoms with Crippen LogP contribution in [0.25, 0.3) is 10.8 Å². The molecular formula is C33H32F3N3O5. The van der Waals surface area contributed by atoms with E-state index in [4.69, 9.17) is 19.4 Å². The Morgan fingerprint density at radius 3 is 2.11 bits per heavy atom. The second-order valence-electron chi connectivity index (χ2n) is 10.6. The molecule has 0 unspecified atom stereocenters. The summed E-state index contributed by atoms with van der Waals surface area (Å²) < 4.78 is 42.7. The molecule has 2 aliphatic heterocycles. The zero-order valence-electron chi connectivity index (χ0n) is 23.8. The summed E-state index contributed by atoms with van der Waals surface area (Å²) in [5.41, 5.74) is 3.96. The van der Waals surface area contributed by atoms with Crippen molar-refractivity contribution in [3.8, 4) is 11.5 Å². The van der Waals surface area contributed by atoms with E-state index in [9.17, 15) is 18.0 Å². The largest absolute Gasteiger partial charge is 0.490 e. The van der Waals surface area contributed by atoms with E-state index in [0.29, 0.717) is 12.4 Å². The maximum atomic E-state index is 12.9. The van der Waals surface area contributed by atoms with Crippen LogP contribution in [0, 0.1) is 0 Å². The Morgan fingerprint density at radius 2 is 1.41 bits per heavy atom. The summed E-state index contributed by atoms with van der Waals surface area (Å²) in [5, 5.41) is 12.4. The molecule has 1 amide bonds. The standard InChI is InChI=1S/C31H31N3O3.C2HF3O2/c35-31(27-11-10-25-6-1-2-7-26(25)19-27)32-28-8-3-5-23(17-28)20-33-13-4-14-34(16-15-33)21-24-9-12-29-30(18-24)37-22-36-29;3-2(4,5)1(6)7/h1-3,5-12,17-19H,4,13-16,20-22H2,(H,32,35);(H,6,7). The highest BCUT2D eigenvalue weighted by Gasteiger charge is 2.38. The molecule has 2 N–H and O–H groups in total. The number of halogens is 3. The van der Waals surface area contributed by atoms with Gasteiger partial charge in [0.15, 0.2) is 11.5 Å². The molecule has 0 saturated carbocycles. The van der Waals surface area contributed by atoms with Gasteiger partial charge in [-0.05, 0) is 77.8 Å². The second-order valence-corrected chi connectivity index (χ2v) is 10.6. The van der Waals surface area contributed by atoms with E-state index < -0.39 is 12.1 Å². The van der Waals surface area contributed by atoms with Crippen LogP contribution in [-0.2, 0) is 17.9 Å². The molecule has 0 atom stereocenters. The van der Waals surface area contributed by atoms with Gasteiger partial charge in [-0.2, -0.15) is 13.2 Å². The summed E-state index contributed by atoms with van der Waals surface area (Å²) in [7, 11) is 0. The first-order valence-electron chi connectivity index (χ1n) is 14.2. The minimum atomic E-state index is -5.08. The fourth-order valence-corrected chi connectivity index (χ4v) is 5.18. The van der Waals surface area contributed by atoms with Crippen LogP contribution >= 0.6 is 0 Å². The van der Waals surface area contributed by atoms with E-state index in [-0.39, 0.29) is 5.91 Å². The van der Waals surface area contributed by atoms with Gasteiger partial charge in [0, 0.05) is 37.4 Å². The molecular weight excluding hydrogens is 575 g/mol. The Morgan fingerprint density at radius 1 is 0.750 bits per heavy atom. The normalized spacial score (nSPS) is 15.2. The zero-order valence-corrected chi connectivity index (χ0v) is 23.8. The van der Waals surface area contributed by atoms with Gasteiger partial charge in [0.25, 0.3) is 5.91 Å². The van der Waals surface area contributed by atoms with Crippen LogP contribution in [0.15, 0.2) is 84.9 Å². The predicted octanol–water partition coefficient (Wildman–Crippen LogP) is 6.16. The topological polar surface area (TPSA) is 91.3 Å². The lowest BCUT2D eigenvalue weighted by molar-refractivity contribution is -0.192. The number of nitrogens with zero attached hydrogens (tertiary/aromatic N) is 2. The molecule has 2 aliphatic rings. The van der Waals surface area contributed by atoms with Crippen LogP contribution in [-0.4, -0.2) is 65.9 Å². The third kappa shape index (κ3) is 8.27. The maximum Gasteiger partial charge on any atom is 0.490 e. The van der Waals surface area contributed by atoms with Crippen molar-refractivity contribution in [3.63, 3.8) is 0 Å². The van der Waals surface area contributed by atoms with Gasteiger partial charge in [-0.15, -0.1) is 0 Å². The molecule has 230 valence electrons. The van der Waals surface area contributed by atoms with Gasteiger partial charge in [0.2, 0.25) is 6.79 Å². The van der Waals surface area contributed by atoms with Crippen LogP contribution in [0.1, 0.15) is 27.9 Å². The smallest absolute Gasteiger partial charge is 0.475 e. The molecule has 0 aliphatic carbocycles. The lowest BCUT2D eigenvalue weighted by Crippen LogP contribution is -2.30. The second kappa shape index (κ2) is 13.8. The lowest BCUT2D eigenvalue weighted by atomic mass is 10.1. The first kappa shape index (κ1) is 30.8. The summed E-state index contributed by atoms with van der Waals surface area (Å²) in [6.45, 7) is 6.27.